The maximum absolute atomic E-state index is 12.5. The Morgan fingerprint density at radius 1 is 0.963 bits per heavy atom. The van der Waals surface area contributed by atoms with Crippen LogP contribution in [0.25, 0.3) is 0 Å². The Hall–Kier alpha value is -2.92. The summed E-state index contributed by atoms with van der Waals surface area (Å²) < 4.78 is 0. The van der Waals surface area contributed by atoms with E-state index in [9.17, 15) is 4.79 Å². The van der Waals surface area contributed by atoms with Crippen molar-refractivity contribution in [2.24, 2.45) is 0 Å². The van der Waals surface area contributed by atoms with Gasteiger partial charge in [0, 0.05) is 22.8 Å². The van der Waals surface area contributed by atoms with Gasteiger partial charge in [0.05, 0.1) is 11.3 Å². The molecule has 0 bridgehead atoms. The number of aromatic nitrogens is 2. The number of carbonyl (C=O) groups excluding carboxylic acids is 1. The van der Waals surface area contributed by atoms with Crippen LogP contribution >= 0.6 is 11.6 Å². The second-order valence-electron chi connectivity index (χ2n) is 6.62. The standard InChI is InChI=1S/C21H19ClN4O/c1-13-4-2-5-16(12-13)24-21-25-17-6-3-7-18(27)19(17)20(26-21)23-15-10-8-14(22)9-11-15/h2,4-5,8-12H,3,6-7H2,1H3,(H2,23,24,25,26). The number of anilines is 4. The van der Waals surface area contributed by atoms with Crippen LogP contribution in [-0.4, -0.2) is 15.8 Å². The molecule has 0 fully saturated rings. The van der Waals surface area contributed by atoms with Crippen LogP contribution in [0.3, 0.4) is 0 Å². The average molecular weight is 379 g/mol. The lowest BCUT2D eigenvalue weighted by atomic mass is 9.95. The molecule has 0 atom stereocenters. The molecule has 1 aromatic heterocycles. The van der Waals surface area contributed by atoms with E-state index in [-0.39, 0.29) is 5.78 Å². The predicted octanol–water partition coefficient (Wildman–Crippen LogP) is 5.44. The van der Waals surface area contributed by atoms with E-state index in [0.717, 1.165) is 35.5 Å². The molecule has 2 N–H and O–H groups in total. The van der Waals surface area contributed by atoms with Crippen molar-refractivity contribution in [3.63, 3.8) is 0 Å². The van der Waals surface area contributed by atoms with E-state index < -0.39 is 0 Å². The van der Waals surface area contributed by atoms with E-state index in [2.05, 4.69) is 20.6 Å². The molecule has 1 aliphatic carbocycles. The minimum atomic E-state index is 0.0785. The number of hydrogen-bond acceptors (Lipinski definition) is 5. The lowest BCUT2D eigenvalue weighted by molar-refractivity contribution is 0.0972. The summed E-state index contributed by atoms with van der Waals surface area (Å²) in [6.07, 6.45) is 2.10. The van der Waals surface area contributed by atoms with Crippen LogP contribution in [0.5, 0.6) is 0 Å². The van der Waals surface area contributed by atoms with Crippen LogP contribution in [0.1, 0.15) is 34.5 Å². The number of carbonyl (C=O) groups is 1. The summed E-state index contributed by atoms with van der Waals surface area (Å²) in [6.45, 7) is 2.03. The van der Waals surface area contributed by atoms with Crippen molar-refractivity contribution in [2.45, 2.75) is 26.2 Å². The first-order valence-electron chi connectivity index (χ1n) is 8.89. The number of ketones is 1. The van der Waals surface area contributed by atoms with Crippen LogP contribution < -0.4 is 10.6 Å². The molecular formula is C21H19ClN4O. The Labute approximate surface area is 162 Å². The Morgan fingerprint density at radius 2 is 1.78 bits per heavy atom. The maximum atomic E-state index is 12.5. The second-order valence-corrected chi connectivity index (χ2v) is 7.06. The van der Waals surface area contributed by atoms with E-state index in [1.54, 1.807) is 12.1 Å². The number of nitrogens with one attached hydrogen (secondary N) is 2. The zero-order chi connectivity index (χ0) is 18.8. The first-order valence-corrected chi connectivity index (χ1v) is 9.27. The molecule has 3 aromatic rings. The average Bonchev–Trinajstić information content (AvgIpc) is 2.63. The number of Topliss-reactive ketones (excluding diaryl/α,β-unsaturated/α-hetero) is 1. The number of rotatable bonds is 4. The van der Waals surface area contributed by atoms with Crippen molar-refractivity contribution < 1.29 is 4.79 Å². The molecule has 0 spiro atoms. The molecule has 0 amide bonds. The van der Waals surface area contributed by atoms with Crippen LogP contribution in [0.4, 0.5) is 23.1 Å². The lowest BCUT2D eigenvalue weighted by Crippen LogP contribution is -2.17. The summed E-state index contributed by atoms with van der Waals surface area (Å²) in [5.41, 5.74) is 4.25. The van der Waals surface area contributed by atoms with Crippen LogP contribution in [0.15, 0.2) is 48.5 Å². The zero-order valence-electron chi connectivity index (χ0n) is 14.9. The molecular weight excluding hydrogens is 360 g/mol. The number of benzene rings is 2. The van der Waals surface area contributed by atoms with Gasteiger partial charge in [0.15, 0.2) is 5.78 Å². The summed E-state index contributed by atoms with van der Waals surface area (Å²) in [5, 5.41) is 7.16. The van der Waals surface area contributed by atoms with Gasteiger partial charge in [-0.25, -0.2) is 4.98 Å². The highest BCUT2D eigenvalue weighted by molar-refractivity contribution is 6.30. The van der Waals surface area contributed by atoms with Crippen LogP contribution in [0, 0.1) is 6.92 Å². The SMILES string of the molecule is Cc1cccc(Nc2nc3c(c(Nc4ccc(Cl)cc4)n2)C(=O)CCC3)c1. The van der Waals surface area contributed by atoms with Crippen molar-refractivity contribution in [1.29, 1.82) is 0 Å². The molecule has 1 heterocycles. The van der Waals surface area contributed by atoms with Gasteiger partial charge in [0.1, 0.15) is 5.82 Å². The molecule has 2 aromatic carbocycles. The number of hydrogen-bond donors (Lipinski definition) is 2. The molecule has 0 radical (unpaired) electrons. The van der Waals surface area contributed by atoms with E-state index in [1.165, 1.54) is 0 Å². The number of aryl methyl sites for hydroxylation is 2. The third-order valence-corrected chi connectivity index (χ3v) is 4.71. The van der Waals surface area contributed by atoms with Gasteiger partial charge in [-0.2, -0.15) is 4.98 Å². The summed E-state index contributed by atoms with van der Waals surface area (Å²) in [4.78, 5) is 21.7. The smallest absolute Gasteiger partial charge is 0.229 e. The Balaban J connectivity index is 1.73. The Kier molecular flexibility index (Phi) is 4.77. The first kappa shape index (κ1) is 17.5. The van der Waals surface area contributed by atoms with Crippen LogP contribution in [0.2, 0.25) is 5.02 Å². The van der Waals surface area contributed by atoms with Crippen molar-refractivity contribution in [3.05, 3.63) is 70.4 Å². The summed E-state index contributed by atoms with van der Waals surface area (Å²) >= 11 is 5.96. The number of fused-ring (bicyclic) bond motifs is 1. The van der Waals surface area contributed by atoms with E-state index in [0.29, 0.717) is 28.8 Å². The van der Waals surface area contributed by atoms with Gasteiger partial charge >= 0.3 is 0 Å². The van der Waals surface area contributed by atoms with E-state index >= 15 is 0 Å². The van der Waals surface area contributed by atoms with Gasteiger partial charge in [0.25, 0.3) is 0 Å². The fraction of sp³-hybridized carbons (Fsp3) is 0.190. The highest BCUT2D eigenvalue weighted by atomic mass is 35.5. The highest BCUT2D eigenvalue weighted by Gasteiger charge is 2.24. The number of halogens is 1. The van der Waals surface area contributed by atoms with Gasteiger partial charge in [-0.1, -0.05) is 23.7 Å². The molecule has 0 saturated heterocycles. The molecule has 136 valence electrons. The minimum Gasteiger partial charge on any atom is -0.339 e. The summed E-state index contributed by atoms with van der Waals surface area (Å²) in [7, 11) is 0. The Morgan fingerprint density at radius 3 is 2.56 bits per heavy atom. The molecule has 0 unspecified atom stereocenters. The van der Waals surface area contributed by atoms with E-state index in [1.807, 2.05) is 43.3 Å². The quantitative estimate of drug-likeness (QED) is 0.632. The van der Waals surface area contributed by atoms with E-state index in [4.69, 9.17) is 11.6 Å². The topological polar surface area (TPSA) is 66.9 Å². The molecule has 6 heteroatoms. The van der Waals surface area contributed by atoms with Gasteiger partial charge in [-0.3, -0.25) is 4.79 Å². The lowest BCUT2D eigenvalue weighted by Gasteiger charge is -2.19. The van der Waals surface area contributed by atoms with Crippen molar-refractivity contribution in [2.75, 3.05) is 10.6 Å². The molecule has 0 aliphatic heterocycles. The molecule has 4 rings (SSSR count). The van der Waals surface area contributed by atoms with Gasteiger partial charge in [-0.15, -0.1) is 0 Å². The Bertz CT molecular complexity index is 1000. The van der Waals surface area contributed by atoms with Gasteiger partial charge in [-0.05, 0) is 61.7 Å². The van der Waals surface area contributed by atoms with Crippen molar-refractivity contribution in [1.82, 2.24) is 9.97 Å². The third kappa shape index (κ3) is 3.93. The fourth-order valence-electron chi connectivity index (χ4n) is 3.19. The maximum Gasteiger partial charge on any atom is 0.229 e. The van der Waals surface area contributed by atoms with Crippen molar-refractivity contribution in [3.8, 4) is 0 Å². The van der Waals surface area contributed by atoms with Gasteiger partial charge < -0.3 is 10.6 Å². The summed E-state index contributed by atoms with van der Waals surface area (Å²) in [5.74, 6) is 1.09. The summed E-state index contributed by atoms with van der Waals surface area (Å²) in [6, 6.07) is 15.3. The third-order valence-electron chi connectivity index (χ3n) is 4.46. The zero-order valence-corrected chi connectivity index (χ0v) is 15.7. The molecule has 1 aliphatic rings. The first-order chi connectivity index (χ1) is 13.1. The van der Waals surface area contributed by atoms with Crippen LogP contribution in [-0.2, 0) is 6.42 Å². The normalized spacial score (nSPS) is 13.2. The molecule has 5 nitrogen and oxygen atoms in total. The largest absolute Gasteiger partial charge is 0.339 e. The minimum absolute atomic E-state index is 0.0785. The second kappa shape index (κ2) is 7.37. The monoisotopic (exact) mass is 378 g/mol. The molecule has 0 saturated carbocycles. The number of nitrogens with zero attached hydrogens (tertiary/aromatic N) is 2. The highest BCUT2D eigenvalue weighted by Crippen LogP contribution is 2.30. The fourth-order valence-corrected chi connectivity index (χ4v) is 3.32. The van der Waals surface area contributed by atoms with Gasteiger partial charge in [0.2, 0.25) is 5.95 Å². The predicted molar refractivity (Wildman–Crippen MR) is 108 cm³/mol. The van der Waals surface area contributed by atoms with Crippen molar-refractivity contribution >= 4 is 40.5 Å². The molecule has 27 heavy (non-hydrogen) atoms.